The van der Waals surface area contributed by atoms with Crippen LogP contribution in [0.15, 0.2) is 582 Å². The van der Waals surface area contributed by atoms with Gasteiger partial charge in [-0.05, 0) is 293 Å². The maximum Gasteiger partial charge on any atom is -0.00199 e. The molecule has 672 valence electrons. The Morgan fingerprint density at radius 3 is 0.569 bits per heavy atom. The molecule has 0 saturated carbocycles. The molecule has 28 rings (SSSR count). The van der Waals surface area contributed by atoms with Crippen molar-refractivity contribution in [3.05, 3.63) is 582 Å². The molecule has 0 aliphatic carbocycles. The smallest absolute Gasteiger partial charge is 0.00199 e. The van der Waals surface area contributed by atoms with Gasteiger partial charge in [0, 0.05) is 0 Å². The van der Waals surface area contributed by atoms with Gasteiger partial charge >= 0.3 is 0 Å². The van der Waals surface area contributed by atoms with Crippen LogP contribution in [-0.4, -0.2) is 0 Å². The molecular weight excluding hydrogens is 1730 g/mol. The fraction of sp³-hybridized carbons (Fsp3) is 0. The van der Waals surface area contributed by atoms with E-state index in [2.05, 4.69) is 582 Å². The Morgan fingerprint density at radius 2 is 0.250 bits per heavy atom. The molecule has 0 aliphatic rings. The Bertz CT molecular complexity index is 9680. The van der Waals surface area contributed by atoms with Gasteiger partial charge in [-0.1, -0.05) is 552 Å². The van der Waals surface area contributed by atoms with Crippen LogP contribution in [0.2, 0.25) is 0 Å². The highest BCUT2D eigenvalue weighted by Crippen LogP contribution is 2.53. The first-order valence-electron chi connectivity index (χ1n) is 49.8. The molecule has 28 aromatic carbocycles. The highest BCUT2D eigenvalue weighted by molar-refractivity contribution is 6.28. The zero-order valence-corrected chi connectivity index (χ0v) is 79.4. The summed E-state index contributed by atoms with van der Waals surface area (Å²) < 4.78 is 0. The fourth-order valence-electron chi connectivity index (χ4n) is 22.5. The van der Waals surface area contributed by atoms with E-state index in [1.807, 2.05) is 0 Å². The third-order valence-corrected chi connectivity index (χ3v) is 29.0. The summed E-state index contributed by atoms with van der Waals surface area (Å²) in [6.07, 6.45) is 0. The molecule has 0 fully saturated rings. The third-order valence-electron chi connectivity index (χ3n) is 29.0. The quantitative estimate of drug-likeness (QED) is 0.107. The van der Waals surface area contributed by atoms with Gasteiger partial charge in [0.25, 0.3) is 0 Å². The Morgan fingerprint density at radius 1 is 0.0694 bits per heavy atom. The van der Waals surface area contributed by atoms with Gasteiger partial charge in [0.2, 0.25) is 0 Å². The van der Waals surface area contributed by atoms with Gasteiger partial charge in [0.1, 0.15) is 0 Å². The van der Waals surface area contributed by atoms with Crippen LogP contribution >= 0.6 is 0 Å². The normalized spacial score (nSPS) is 11.3. The molecule has 0 radical (unpaired) electrons. The molecule has 0 unspecified atom stereocenters. The molecule has 28 aromatic rings. The summed E-state index contributed by atoms with van der Waals surface area (Å²) in [5, 5.41) is 30.7. The molecule has 0 saturated heterocycles. The minimum Gasteiger partial charge on any atom is -0.0622 e. The van der Waals surface area contributed by atoms with Crippen molar-refractivity contribution in [3.63, 3.8) is 0 Å². The second kappa shape index (κ2) is 38.6. The van der Waals surface area contributed by atoms with Gasteiger partial charge < -0.3 is 0 Å². The van der Waals surface area contributed by atoms with E-state index < -0.39 is 0 Å². The topological polar surface area (TPSA) is 0 Å². The highest BCUT2D eigenvalue weighted by Gasteiger charge is 2.25. The molecule has 0 nitrogen and oxygen atoms in total. The van der Waals surface area contributed by atoms with Crippen LogP contribution in [0, 0.1) is 0 Å². The maximum atomic E-state index is 2.41. The number of hydrogen-bond acceptors (Lipinski definition) is 0. The molecule has 0 N–H and O–H groups in total. The molecule has 0 aliphatic heterocycles. The molecule has 0 heteroatoms. The second-order valence-electron chi connectivity index (χ2n) is 37.3. The summed E-state index contributed by atoms with van der Waals surface area (Å²) in [5.74, 6) is 0. The number of fused-ring (bicyclic) bond motifs is 12. The van der Waals surface area contributed by atoms with Gasteiger partial charge in [-0.2, -0.15) is 0 Å². The van der Waals surface area contributed by atoms with E-state index in [9.17, 15) is 0 Å². The van der Waals surface area contributed by atoms with E-state index in [1.54, 1.807) is 0 Å². The Balaban J connectivity index is 0.000000101. The molecule has 0 spiro atoms. The largest absolute Gasteiger partial charge is 0.0622 e. The molecule has 0 atom stereocenters. The van der Waals surface area contributed by atoms with E-state index in [1.165, 1.54) is 263 Å². The van der Waals surface area contributed by atoms with Crippen LogP contribution in [0.25, 0.3) is 263 Å². The van der Waals surface area contributed by atoms with Crippen molar-refractivity contribution in [1.29, 1.82) is 0 Å². The van der Waals surface area contributed by atoms with Crippen LogP contribution in [0.1, 0.15) is 0 Å². The van der Waals surface area contributed by atoms with Crippen molar-refractivity contribution < 1.29 is 0 Å². The average Bonchev–Trinajstić information content (AvgIpc) is 0.712. The number of benzene rings is 28. The summed E-state index contributed by atoms with van der Waals surface area (Å²) in [4.78, 5) is 0. The number of hydrogen-bond donors (Lipinski definition) is 0. The van der Waals surface area contributed by atoms with E-state index in [0.717, 1.165) is 0 Å². The second-order valence-corrected chi connectivity index (χ2v) is 37.3. The van der Waals surface area contributed by atoms with Gasteiger partial charge in [-0.15, -0.1) is 0 Å². The zero-order valence-electron chi connectivity index (χ0n) is 79.4. The monoisotopic (exact) mass is 1820 g/mol. The first-order valence-corrected chi connectivity index (χ1v) is 49.8. The van der Waals surface area contributed by atoms with Crippen molar-refractivity contribution in [1.82, 2.24) is 0 Å². The van der Waals surface area contributed by atoms with Crippen LogP contribution in [0.3, 0.4) is 0 Å². The molecule has 0 heterocycles. The van der Waals surface area contributed by atoms with Crippen LogP contribution < -0.4 is 0 Å². The standard InChI is InChI=1S/C40H26.2C36H24.C32H22/c1-2-12-27(13-3-1)30-24-25-37-38(26-30)40(34-23-11-17-29-15-5-7-19-32(29)34)36-21-9-8-20-35(36)39(37)33-22-10-16-28-14-4-6-18-31(28)33;1-3-13-26(14-4-1)35-31-19-9-10-20-32(31)36(27-15-5-2-6-16-27)34-24-28(22-23-33(34)35)30-21-11-17-25-12-7-8-18-29(25)30;1-3-12-26(13-4-1)35-31-17-9-10-18-32(31)36(27-14-5-2-6-15-27)34-24-30(21-22-33(34)35)29-20-19-25-11-7-8-16-28(25)23-29;1-4-12-23(13-5-1)26-20-21-29-30(22-26)32(25-16-8-3-9-17-25)28-19-11-10-18-27(28)31(29)24-14-6-2-7-15-24/h1-26H;2*1-24H;1-22H. The summed E-state index contributed by atoms with van der Waals surface area (Å²) in [7, 11) is 0. The first kappa shape index (κ1) is 86.8. The van der Waals surface area contributed by atoms with Gasteiger partial charge in [0.05, 0.1) is 0 Å². The third kappa shape index (κ3) is 16.3. The lowest BCUT2D eigenvalue weighted by molar-refractivity contribution is 1.63. The molecule has 0 aromatic heterocycles. The van der Waals surface area contributed by atoms with Gasteiger partial charge in [0.15, 0.2) is 0 Å². The minimum absolute atomic E-state index is 1.23. The molecule has 144 heavy (non-hydrogen) atoms. The zero-order chi connectivity index (χ0) is 95.6. The number of rotatable bonds is 12. The summed E-state index contributed by atoms with van der Waals surface area (Å²) in [5.41, 5.74) is 30.3. The van der Waals surface area contributed by atoms with Crippen molar-refractivity contribution in [3.8, 4) is 134 Å². The lowest BCUT2D eigenvalue weighted by Gasteiger charge is -2.20. The fourth-order valence-corrected chi connectivity index (χ4v) is 22.5. The van der Waals surface area contributed by atoms with Crippen molar-refractivity contribution >= 4 is 129 Å². The summed E-state index contributed by atoms with van der Waals surface area (Å²) in [6.45, 7) is 0. The maximum absolute atomic E-state index is 2.41. The van der Waals surface area contributed by atoms with Crippen molar-refractivity contribution in [2.75, 3.05) is 0 Å². The predicted molar refractivity (Wildman–Crippen MR) is 621 cm³/mol. The highest BCUT2D eigenvalue weighted by atomic mass is 14.3. The van der Waals surface area contributed by atoms with Crippen molar-refractivity contribution in [2.24, 2.45) is 0 Å². The van der Waals surface area contributed by atoms with Crippen LogP contribution in [0.5, 0.6) is 0 Å². The molecule has 0 bridgehead atoms. The lowest BCUT2D eigenvalue weighted by Crippen LogP contribution is -1.93. The van der Waals surface area contributed by atoms with E-state index >= 15 is 0 Å². The van der Waals surface area contributed by atoms with Gasteiger partial charge in [-0.25, -0.2) is 0 Å². The SMILES string of the molecule is c1ccc(-c2c3ccccc3c(-c3ccccc3)c3cc(-c4ccc5ccccc5c4)ccc23)cc1.c1ccc(-c2c3ccccc3c(-c3ccccc3)c3cc(-c4cccc5ccccc45)ccc23)cc1.c1ccc(-c2ccc3c(-c4cccc5ccccc45)c4ccccc4c(-c4cccc5ccccc45)c3c2)cc1.c1ccc(-c2ccc3c(-c4ccccc4)c4ccccc4c(-c4ccccc4)c3c2)cc1. The first-order chi connectivity index (χ1) is 71.5. The Hall–Kier alpha value is -18.7. The van der Waals surface area contributed by atoms with E-state index in [-0.39, 0.29) is 0 Å². The van der Waals surface area contributed by atoms with Gasteiger partial charge in [-0.3, -0.25) is 0 Å². The average molecular weight is 1830 g/mol. The lowest BCUT2D eigenvalue weighted by atomic mass is 9.83. The van der Waals surface area contributed by atoms with E-state index in [0.29, 0.717) is 0 Å². The van der Waals surface area contributed by atoms with Crippen molar-refractivity contribution in [2.45, 2.75) is 0 Å². The van der Waals surface area contributed by atoms with E-state index in [4.69, 9.17) is 0 Å². The predicted octanol–water partition coefficient (Wildman–Crippen LogP) is 40.6. The van der Waals surface area contributed by atoms with Crippen LogP contribution in [0.4, 0.5) is 0 Å². The Labute approximate surface area is 838 Å². The summed E-state index contributed by atoms with van der Waals surface area (Å²) in [6, 6.07) is 211. The molecule has 0 amide bonds. The summed E-state index contributed by atoms with van der Waals surface area (Å²) >= 11 is 0. The molecular formula is C144H96. The Kier molecular flexibility index (Phi) is 23.3. The van der Waals surface area contributed by atoms with Crippen LogP contribution in [-0.2, 0) is 0 Å². The minimum atomic E-state index is 1.23.